The summed E-state index contributed by atoms with van der Waals surface area (Å²) in [6, 6.07) is 6.90. The normalized spacial score (nSPS) is 20.7. The van der Waals surface area contributed by atoms with E-state index in [1.54, 1.807) is 4.90 Å². The number of amides is 1. The van der Waals surface area contributed by atoms with Gasteiger partial charge in [-0.2, -0.15) is 0 Å². The summed E-state index contributed by atoms with van der Waals surface area (Å²) in [6.45, 7) is 7.33. The number of carbonyl (C=O) groups excluding carboxylic acids is 2. The first-order valence-electron chi connectivity index (χ1n) is 10.2. The minimum atomic E-state index is -0.569. The van der Waals surface area contributed by atoms with Crippen LogP contribution in [0.15, 0.2) is 35.6 Å². The van der Waals surface area contributed by atoms with Gasteiger partial charge in [0, 0.05) is 13.1 Å². The first-order valence-corrected chi connectivity index (χ1v) is 10.2. The van der Waals surface area contributed by atoms with Crippen LogP contribution in [0, 0.1) is 0 Å². The first-order chi connectivity index (χ1) is 13.5. The van der Waals surface area contributed by atoms with Crippen LogP contribution in [0.5, 0.6) is 5.75 Å². The van der Waals surface area contributed by atoms with Crippen molar-refractivity contribution < 1.29 is 19.4 Å². The molecule has 6 heteroatoms. The molecule has 1 saturated heterocycles. The highest BCUT2D eigenvalue weighted by Gasteiger charge is 2.42. The average molecular weight is 386 g/mol. The van der Waals surface area contributed by atoms with E-state index >= 15 is 0 Å². The number of Topliss-reactive ketones (excluding diaryl/α,β-unsaturated/α-hetero) is 1. The second-order valence-electron chi connectivity index (χ2n) is 7.54. The van der Waals surface area contributed by atoms with Crippen molar-refractivity contribution in [2.45, 2.75) is 45.6 Å². The van der Waals surface area contributed by atoms with E-state index in [0.29, 0.717) is 18.9 Å². The van der Waals surface area contributed by atoms with Crippen molar-refractivity contribution in [3.05, 3.63) is 41.2 Å². The number of hydrogen-bond donors (Lipinski definition) is 1. The molecule has 2 heterocycles. The molecule has 1 amide bonds. The van der Waals surface area contributed by atoms with Gasteiger partial charge in [0.2, 0.25) is 0 Å². The van der Waals surface area contributed by atoms with Crippen LogP contribution < -0.4 is 4.74 Å². The lowest BCUT2D eigenvalue weighted by atomic mass is 9.96. The monoisotopic (exact) mass is 386 g/mol. The van der Waals surface area contributed by atoms with Gasteiger partial charge in [0.1, 0.15) is 5.75 Å². The number of ketones is 1. The molecule has 152 valence electrons. The summed E-state index contributed by atoms with van der Waals surface area (Å²) in [5, 5.41) is 10.4. The smallest absolute Gasteiger partial charge is 0.290 e. The molecular formula is C22H30N2O4. The van der Waals surface area contributed by atoms with Crippen LogP contribution in [0.3, 0.4) is 0 Å². The Morgan fingerprint density at radius 3 is 2.64 bits per heavy atom. The Balaban J connectivity index is 1.85. The Labute approximate surface area is 166 Å². The fraction of sp³-hybridized carbons (Fsp3) is 0.545. The molecule has 0 saturated carbocycles. The van der Waals surface area contributed by atoms with Crippen LogP contribution in [0.1, 0.15) is 51.1 Å². The highest BCUT2D eigenvalue weighted by molar-refractivity contribution is 6.08. The highest BCUT2D eigenvalue weighted by atomic mass is 16.5. The van der Waals surface area contributed by atoms with Gasteiger partial charge in [-0.1, -0.05) is 25.5 Å². The molecule has 0 bridgehead atoms. The molecule has 1 unspecified atom stereocenters. The molecule has 2 aliphatic heterocycles. The number of rotatable bonds is 8. The molecule has 1 aromatic carbocycles. The van der Waals surface area contributed by atoms with Gasteiger partial charge < -0.3 is 19.6 Å². The zero-order valence-electron chi connectivity index (χ0n) is 16.8. The lowest BCUT2D eigenvalue weighted by Crippen LogP contribution is -2.40. The lowest BCUT2D eigenvalue weighted by molar-refractivity contribution is -0.129. The Morgan fingerprint density at radius 2 is 1.96 bits per heavy atom. The minimum Gasteiger partial charge on any atom is -0.503 e. The third-order valence-electron chi connectivity index (χ3n) is 5.44. The molecule has 1 fully saturated rings. The lowest BCUT2D eigenvalue weighted by Gasteiger charge is -2.31. The first kappa shape index (κ1) is 20.4. The topological polar surface area (TPSA) is 70.1 Å². The summed E-state index contributed by atoms with van der Waals surface area (Å²) in [4.78, 5) is 29.0. The average Bonchev–Trinajstić information content (AvgIpc) is 2.96. The summed E-state index contributed by atoms with van der Waals surface area (Å²) in [7, 11) is 0. The summed E-state index contributed by atoms with van der Waals surface area (Å²) < 4.78 is 5.72. The van der Waals surface area contributed by atoms with Crippen molar-refractivity contribution in [2.24, 2.45) is 0 Å². The van der Waals surface area contributed by atoms with Gasteiger partial charge in [-0.15, -0.1) is 0 Å². The molecule has 1 atom stereocenters. The number of aliphatic hydroxyl groups is 1. The van der Waals surface area contributed by atoms with E-state index < -0.39 is 17.7 Å². The van der Waals surface area contributed by atoms with Crippen LogP contribution in [-0.4, -0.2) is 59.4 Å². The highest BCUT2D eigenvalue weighted by Crippen LogP contribution is 2.38. The molecule has 0 aromatic heterocycles. The fourth-order valence-electron chi connectivity index (χ4n) is 4.02. The summed E-state index contributed by atoms with van der Waals surface area (Å²) in [6.07, 6.45) is 4.50. The van der Waals surface area contributed by atoms with Gasteiger partial charge in [-0.25, -0.2) is 0 Å². The SMILES string of the molecule is CCCOc1cccc(C2C(C(C)=O)=C(O)C(=O)N2CCN2CCCCC2)c1. The van der Waals surface area contributed by atoms with E-state index in [9.17, 15) is 14.7 Å². The van der Waals surface area contributed by atoms with Gasteiger partial charge in [-0.05, 0) is 57.0 Å². The van der Waals surface area contributed by atoms with Crippen molar-refractivity contribution >= 4 is 11.7 Å². The molecule has 0 radical (unpaired) electrons. The van der Waals surface area contributed by atoms with Gasteiger partial charge in [0.05, 0.1) is 18.2 Å². The summed E-state index contributed by atoms with van der Waals surface area (Å²) >= 11 is 0. The van der Waals surface area contributed by atoms with Crippen molar-refractivity contribution in [3.63, 3.8) is 0 Å². The van der Waals surface area contributed by atoms with Gasteiger partial charge in [0.25, 0.3) is 5.91 Å². The van der Waals surface area contributed by atoms with Gasteiger partial charge >= 0.3 is 0 Å². The van der Waals surface area contributed by atoms with Crippen LogP contribution in [0.25, 0.3) is 0 Å². The van der Waals surface area contributed by atoms with Crippen molar-refractivity contribution in [1.82, 2.24) is 9.80 Å². The fourth-order valence-corrected chi connectivity index (χ4v) is 4.02. The summed E-state index contributed by atoms with van der Waals surface area (Å²) in [5.41, 5.74) is 0.964. The number of nitrogens with zero attached hydrogens (tertiary/aromatic N) is 2. The predicted molar refractivity (Wildman–Crippen MR) is 107 cm³/mol. The number of benzene rings is 1. The van der Waals surface area contributed by atoms with Crippen molar-refractivity contribution in [3.8, 4) is 5.75 Å². The molecule has 1 N–H and O–H groups in total. The van der Waals surface area contributed by atoms with Gasteiger partial charge in [0.15, 0.2) is 11.5 Å². The predicted octanol–water partition coefficient (Wildman–Crippen LogP) is 3.25. The van der Waals surface area contributed by atoms with E-state index in [-0.39, 0.29) is 11.4 Å². The third-order valence-corrected chi connectivity index (χ3v) is 5.44. The number of carbonyl (C=O) groups is 2. The second-order valence-corrected chi connectivity index (χ2v) is 7.54. The molecule has 3 rings (SSSR count). The standard InChI is InChI=1S/C22H30N2O4/c1-3-14-28-18-9-7-8-17(15-18)20-19(16(2)25)21(26)22(27)24(20)13-12-23-10-5-4-6-11-23/h7-9,15,20,26H,3-6,10-14H2,1-2H3. The largest absolute Gasteiger partial charge is 0.503 e. The molecule has 6 nitrogen and oxygen atoms in total. The van der Waals surface area contributed by atoms with Crippen molar-refractivity contribution in [2.75, 3.05) is 32.8 Å². The molecule has 2 aliphatic rings. The number of ether oxygens (including phenoxy) is 1. The molecule has 0 spiro atoms. The van der Waals surface area contributed by atoms with Crippen molar-refractivity contribution in [1.29, 1.82) is 0 Å². The number of piperidine rings is 1. The van der Waals surface area contributed by atoms with Crippen LogP contribution >= 0.6 is 0 Å². The number of likely N-dealkylation sites (tertiary alicyclic amines) is 1. The summed E-state index contributed by atoms with van der Waals surface area (Å²) in [5.74, 6) is -0.462. The zero-order chi connectivity index (χ0) is 20.1. The molecular weight excluding hydrogens is 356 g/mol. The van der Waals surface area contributed by atoms with E-state index in [2.05, 4.69) is 4.90 Å². The van der Waals surface area contributed by atoms with Crippen LogP contribution in [0.4, 0.5) is 0 Å². The van der Waals surface area contributed by atoms with Crippen LogP contribution in [0.2, 0.25) is 0 Å². The number of hydrogen-bond acceptors (Lipinski definition) is 5. The maximum absolute atomic E-state index is 12.7. The Morgan fingerprint density at radius 1 is 1.21 bits per heavy atom. The third kappa shape index (κ3) is 4.38. The Hall–Kier alpha value is -2.34. The number of aliphatic hydroxyl groups excluding tert-OH is 1. The van der Waals surface area contributed by atoms with Crippen LogP contribution in [-0.2, 0) is 9.59 Å². The maximum atomic E-state index is 12.7. The maximum Gasteiger partial charge on any atom is 0.290 e. The van der Waals surface area contributed by atoms with Gasteiger partial charge in [-0.3, -0.25) is 9.59 Å². The zero-order valence-corrected chi connectivity index (χ0v) is 16.8. The minimum absolute atomic E-state index is 0.177. The molecule has 28 heavy (non-hydrogen) atoms. The quantitative estimate of drug-likeness (QED) is 0.743. The van der Waals surface area contributed by atoms with E-state index in [1.807, 2.05) is 31.2 Å². The van der Waals surface area contributed by atoms with E-state index in [4.69, 9.17) is 4.74 Å². The Kier molecular flexibility index (Phi) is 6.73. The molecule has 1 aromatic rings. The van der Waals surface area contributed by atoms with E-state index in [0.717, 1.165) is 31.6 Å². The van der Waals surface area contributed by atoms with E-state index in [1.165, 1.54) is 26.2 Å². The second kappa shape index (κ2) is 9.24. The molecule has 0 aliphatic carbocycles. The Bertz CT molecular complexity index is 753.